The van der Waals surface area contributed by atoms with Gasteiger partial charge in [-0.05, 0) is 44.5 Å². The monoisotopic (exact) mass is 260 g/mol. The van der Waals surface area contributed by atoms with Gasteiger partial charge in [0.15, 0.2) is 0 Å². The lowest BCUT2D eigenvalue weighted by Crippen LogP contribution is -2.38. The Balaban J connectivity index is 3.00. The molecule has 0 bridgehead atoms. The van der Waals surface area contributed by atoms with E-state index in [-0.39, 0.29) is 11.9 Å². The van der Waals surface area contributed by atoms with Gasteiger partial charge in [-0.1, -0.05) is 0 Å². The maximum atomic E-state index is 12.5. The Bertz CT molecular complexity index is 491. The van der Waals surface area contributed by atoms with Gasteiger partial charge in [0, 0.05) is 23.8 Å². The van der Waals surface area contributed by atoms with Crippen LogP contribution in [0.25, 0.3) is 0 Å². The van der Waals surface area contributed by atoms with Gasteiger partial charge in [0.2, 0.25) is 0 Å². The molecule has 0 radical (unpaired) electrons. The quantitative estimate of drug-likeness (QED) is 0.627. The Morgan fingerprint density at radius 2 is 2.21 bits per heavy atom. The molecule has 1 aromatic carbocycles. The summed E-state index contributed by atoms with van der Waals surface area (Å²) >= 11 is 0. The predicted octanol–water partition coefficient (Wildman–Crippen LogP) is 2.04. The predicted molar refractivity (Wildman–Crippen MR) is 75.4 cm³/mol. The minimum Gasteiger partial charge on any atom is -0.335 e. The summed E-state index contributed by atoms with van der Waals surface area (Å²) in [7, 11) is 0. The average Bonchev–Trinajstić information content (AvgIpc) is 2.38. The van der Waals surface area contributed by atoms with Crippen molar-refractivity contribution >= 4 is 11.6 Å². The van der Waals surface area contributed by atoms with Crippen LogP contribution in [0.1, 0.15) is 36.2 Å². The van der Waals surface area contributed by atoms with Crippen molar-refractivity contribution in [2.45, 2.75) is 33.2 Å². The van der Waals surface area contributed by atoms with E-state index in [2.05, 4.69) is 11.5 Å². The van der Waals surface area contributed by atoms with Crippen LogP contribution in [0.5, 0.6) is 0 Å². The lowest BCUT2D eigenvalue weighted by molar-refractivity contribution is 0.0709. The highest BCUT2D eigenvalue weighted by molar-refractivity contribution is 5.96. The van der Waals surface area contributed by atoms with E-state index in [9.17, 15) is 4.79 Å². The second-order valence-corrected chi connectivity index (χ2v) is 4.67. The topological polar surface area (TPSA) is 82.2 Å². The van der Waals surface area contributed by atoms with Crippen LogP contribution >= 0.6 is 0 Å². The van der Waals surface area contributed by atoms with Crippen molar-refractivity contribution in [3.8, 4) is 6.07 Å². The second-order valence-electron chi connectivity index (χ2n) is 4.67. The van der Waals surface area contributed by atoms with Crippen LogP contribution in [-0.2, 0) is 0 Å². The van der Waals surface area contributed by atoms with E-state index in [0.29, 0.717) is 18.5 Å². The third kappa shape index (κ3) is 3.70. The first-order chi connectivity index (χ1) is 9.01. The number of hydrazine groups is 1. The van der Waals surface area contributed by atoms with E-state index in [1.165, 1.54) is 0 Å². The number of rotatable bonds is 5. The molecule has 19 heavy (non-hydrogen) atoms. The highest BCUT2D eigenvalue weighted by Gasteiger charge is 2.19. The molecular weight excluding hydrogens is 240 g/mol. The largest absolute Gasteiger partial charge is 0.335 e. The van der Waals surface area contributed by atoms with Crippen LogP contribution in [0.2, 0.25) is 0 Å². The van der Waals surface area contributed by atoms with E-state index >= 15 is 0 Å². The van der Waals surface area contributed by atoms with Gasteiger partial charge in [0.25, 0.3) is 5.91 Å². The molecule has 0 aliphatic carbocycles. The van der Waals surface area contributed by atoms with Gasteiger partial charge in [-0.2, -0.15) is 5.26 Å². The SMILES string of the molecule is Cc1cc(NN)ccc1C(=O)N(CCC#N)C(C)C. The molecule has 0 aliphatic rings. The molecule has 0 atom stereocenters. The molecule has 0 heterocycles. The number of nitrogen functional groups attached to an aromatic ring is 1. The number of aryl methyl sites for hydroxylation is 1. The van der Waals surface area contributed by atoms with E-state index in [4.69, 9.17) is 11.1 Å². The summed E-state index contributed by atoms with van der Waals surface area (Å²) < 4.78 is 0. The average molecular weight is 260 g/mol. The smallest absolute Gasteiger partial charge is 0.254 e. The minimum atomic E-state index is -0.0497. The Hall–Kier alpha value is -2.06. The number of nitriles is 1. The molecular formula is C14H20N4O. The first-order valence-corrected chi connectivity index (χ1v) is 6.26. The zero-order valence-corrected chi connectivity index (χ0v) is 11.6. The number of nitrogens with two attached hydrogens (primary N) is 1. The van der Waals surface area contributed by atoms with Gasteiger partial charge in [-0.15, -0.1) is 0 Å². The molecule has 0 aromatic heterocycles. The lowest BCUT2D eigenvalue weighted by Gasteiger charge is -2.26. The normalized spacial score (nSPS) is 10.1. The molecule has 1 rings (SSSR count). The Morgan fingerprint density at radius 1 is 1.53 bits per heavy atom. The third-order valence-electron chi connectivity index (χ3n) is 2.97. The summed E-state index contributed by atoms with van der Waals surface area (Å²) in [5.74, 6) is 5.29. The van der Waals surface area contributed by atoms with Gasteiger partial charge in [-0.25, -0.2) is 0 Å². The van der Waals surface area contributed by atoms with Crippen molar-refractivity contribution in [2.75, 3.05) is 12.0 Å². The van der Waals surface area contributed by atoms with Crippen LogP contribution in [0.15, 0.2) is 18.2 Å². The van der Waals surface area contributed by atoms with Gasteiger partial charge < -0.3 is 10.3 Å². The maximum absolute atomic E-state index is 12.5. The Kier molecular flexibility index (Phi) is 5.34. The van der Waals surface area contributed by atoms with Crippen LogP contribution in [0.3, 0.4) is 0 Å². The van der Waals surface area contributed by atoms with Crippen molar-refractivity contribution in [2.24, 2.45) is 5.84 Å². The van der Waals surface area contributed by atoms with Crippen LogP contribution < -0.4 is 11.3 Å². The van der Waals surface area contributed by atoms with Crippen molar-refractivity contribution in [3.05, 3.63) is 29.3 Å². The van der Waals surface area contributed by atoms with E-state index < -0.39 is 0 Å². The molecule has 3 N–H and O–H groups in total. The van der Waals surface area contributed by atoms with E-state index in [1.807, 2.05) is 26.8 Å². The molecule has 0 fully saturated rings. The van der Waals surface area contributed by atoms with E-state index in [0.717, 1.165) is 11.3 Å². The molecule has 0 spiro atoms. The summed E-state index contributed by atoms with van der Waals surface area (Å²) in [5.41, 5.74) is 4.83. The van der Waals surface area contributed by atoms with Crippen LogP contribution in [0, 0.1) is 18.3 Å². The fourth-order valence-electron chi connectivity index (χ4n) is 1.91. The van der Waals surface area contributed by atoms with Crippen LogP contribution in [-0.4, -0.2) is 23.4 Å². The number of anilines is 1. The number of nitrogens with one attached hydrogen (secondary N) is 1. The fraction of sp³-hybridized carbons (Fsp3) is 0.429. The molecule has 0 unspecified atom stereocenters. The van der Waals surface area contributed by atoms with Crippen molar-refractivity contribution in [1.82, 2.24) is 4.90 Å². The summed E-state index contributed by atoms with van der Waals surface area (Å²) in [6.45, 7) is 6.21. The Morgan fingerprint density at radius 3 is 2.68 bits per heavy atom. The van der Waals surface area contributed by atoms with Gasteiger partial charge in [0.1, 0.15) is 0 Å². The molecule has 0 saturated heterocycles. The highest BCUT2D eigenvalue weighted by Crippen LogP contribution is 2.17. The fourth-order valence-corrected chi connectivity index (χ4v) is 1.91. The van der Waals surface area contributed by atoms with Gasteiger partial charge >= 0.3 is 0 Å². The Labute approximate surface area is 114 Å². The lowest BCUT2D eigenvalue weighted by atomic mass is 10.1. The van der Waals surface area contributed by atoms with Gasteiger partial charge in [0.05, 0.1) is 12.5 Å². The minimum absolute atomic E-state index is 0.0497. The summed E-state index contributed by atoms with van der Waals surface area (Å²) in [6.07, 6.45) is 0.339. The zero-order chi connectivity index (χ0) is 14.4. The highest BCUT2D eigenvalue weighted by atomic mass is 16.2. The summed E-state index contributed by atoms with van der Waals surface area (Å²) in [4.78, 5) is 14.2. The first-order valence-electron chi connectivity index (χ1n) is 6.26. The second kappa shape index (κ2) is 6.76. The molecule has 0 aliphatic heterocycles. The van der Waals surface area contributed by atoms with Crippen molar-refractivity contribution in [3.63, 3.8) is 0 Å². The standard InChI is InChI=1S/C14H20N4O/c1-10(2)18(8-4-7-15)14(19)13-6-5-12(17-16)9-11(13)3/h5-6,9-10,17H,4,8,16H2,1-3H3. The molecule has 1 amide bonds. The number of amides is 1. The third-order valence-corrected chi connectivity index (χ3v) is 2.97. The number of benzene rings is 1. The molecule has 0 saturated carbocycles. The molecule has 102 valence electrons. The molecule has 5 nitrogen and oxygen atoms in total. The number of nitrogens with zero attached hydrogens (tertiary/aromatic N) is 2. The number of hydrogen-bond donors (Lipinski definition) is 2. The molecule has 1 aromatic rings. The number of hydrogen-bond acceptors (Lipinski definition) is 4. The maximum Gasteiger partial charge on any atom is 0.254 e. The van der Waals surface area contributed by atoms with Crippen molar-refractivity contribution < 1.29 is 4.79 Å². The number of carbonyl (C=O) groups excluding carboxylic acids is 1. The van der Waals surface area contributed by atoms with E-state index in [1.54, 1.807) is 17.0 Å². The molecule has 5 heteroatoms. The summed E-state index contributed by atoms with van der Waals surface area (Å²) in [5, 5.41) is 8.66. The first kappa shape index (κ1) is 15.0. The summed E-state index contributed by atoms with van der Waals surface area (Å²) in [6, 6.07) is 7.49. The van der Waals surface area contributed by atoms with Crippen molar-refractivity contribution in [1.29, 1.82) is 5.26 Å². The van der Waals surface area contributed by atoms with Crippen LogP contribution in [0.4, 0.5) is 5.69 Å². The van der Waals surface area contributed by atoms with Gasteiger partial charge in [-0.3, -0.25) is 10.6 Å². The zero-order valence-electron chi connectivity index (χ0n) is 11.6. The number of carbonyl (C=O) groups is 1.